The van der Waals surface area contributed by atoms with Gasteiger partial charge in [0.15, 0.2) is 16.6 Å². The van der Waals surface area contributed by atoms with Crippen LogP contribution in [0.25, 0.3) is 0 Å². The molecule has 4 aliphatic carbocycles. The van der Waals surface area contributed by atoms with Gasteiger partial charge in [0.1, 0.15) is 0 Å². The van der Waals surface area contributed by atoms with Crippen LogP contribution in [0.4, 0.5) is 0 Å². The van der Waals surface area contributed by atoms with Gasteiger partial charge in [-0.3, -0.25) is 0 Å². The Balaban J connectivity index is 1.35. The van der Waals surface area contributed by atoms with E-state index in [0.717, 1.165) is 35.5 Å². The highest BCUT2D eigenvalue weighted by Crippen LogP contribution is 2.68. The Labute approximate surface area is 246 Å². The van der Waals surface area contributed by atoms with E-state index in [4.69, 9.17) is 8.85 Å². The molecule has 0 aromatic carbocycles. The molecule has 4 saturated carbocycles. The summed E-state index contributed by atoms with van der Waals surface area (Å²) < 4.78 is 13.5. The van der Waals surface area contributed by atoms with Crippen molar-refractivity contribution in [3.63, 3.8) is 0 Å². The number of fused-ring (bicyclic) bond motifs is 5. The molecule has 4 aliphatic rings. The first-order chi connectivity index (χ1) is 18.1. The van der Waals surface area contributed by atoms with E-state index >= 15 is 0 Å². The first kappa shape index (κ1) is 32.3. The maximum atomic E-state index is 6.80. The molecule has 0 aliphatic heterocycles. The molecular formula is C35H68O2Si2. The summed E-state index contributed by atoms with van der Waals surface area (Å²) in [5.41, 5.74) is 1.20. The third kappa shape index (κ3) is 6.80. The van der Waals surface area contributed by atoms with Crippen LogP contribution < -0.4 is 0 Å². The summed E-state index contributed by atoms with van der Waals surface area (Å²) in [4.78, 5) is 0. The summed E-state index contributed by atoms with van der Waals surface area (Å²) >= 11 is 0. The summed E-state index contributed by atoms with van der Waals surface area (Å²) in [6.07, 6.45) is 17.6. The van der Waals surface area contributed by atoms with Gasteiger partial charge in [-0.25, -0.2) is 0 Å². The lowest BCUT2D eigenvalue weighted by molar-refractivity contribution is -0.127. The summed E-state index contributed by atoms with van der Waals surface area (Å²) in [7, 11) is -2.97. The molecule has 0 heterocycles. The smallest absolute Gasteiger partial charge is 0.187 e. The van der Waals surface area contributed by atoms with Crippen LogP contribution in [-0.4, -0.2) is 28.3 Å². The Morgan fingerprint density at radius 2 is 1.46 bits per heavy atom. The monoisotopic (exact) mass is 576 g/mol. The Morgan fingerprint density at radius 3 is 2.13 bits per heavy atom. The molecule has 0 N–H and O–H groups in total. The third-order valence-electron chi connectivity index (χ3n) is 13.6. The fraction of sp³-hybridized carbons (Fsp3) is 1.00. The third-order valence-corrected chi connectivity index (χ3v) is 19.0. The van der Waals surface area contributed by atoms with Crippen molar-refractivity contribution in [2.75, 3.05) is 0 Å². The van der Waals surface area contributed by atoms with Gasteiger partial charge >= 0.3 is 0 Å². The Hall–Kier alpha value is 0.354. The first-order valence-electron chi connectivity index (χ1n) is 17.4. The fourth-order valence-electron chi connectivity index (χ4n) is 10.8. The average molecular weight is 577 g/mol. The zero-order valence-electron chi connectivity index (χ0n) is 28.3. The molecule has 0 saturated heterocycles. The summed E-state index contributed by atoms with van der Waals surface area (Å²) in [6, 6.07) is 2.46. The zero-order valence-corrected chi connectivity index (χ0v) is 30.3. The Kier molecular flexibility index (Phi) is 9.76. The highest BCUT2D eigenvalue weighted by molar-refractivity contribution is 6.71. The molecule has 0 amide bonds. The molecule has 4 fully saturated rings. The molecule has 228 valence electrons. The van der Waals surface area contributed by atoms with Crippen LogP contribution >= 0.6 is 0 Å². The number of hydrogen-bond acceptors (Lipinski definition) is 2. The van der Waals surface area contributed by atoms with E-state index < -0.39 is 16.6 Å². The van der Waals surface area contributed by atoms with Gasteiger partial charge in [0.05, 0.1) is 5.60 Å². The van der Waals surface area contributed by atoms with Gasteiger partial charge in [-0.05, 0) is 163 Å². The first-order valence-corrected chi connectivity index (χ1v) is 23.7. The van der Waals surface area contributed by atoms with Crippen LogP contribution in [0.2, 0.25) is 38.3 Å². The van der Waals surface area contributed by atoms with Crippen molar-refractivity contribution in [1.82, 2.24) is 0 Å². The van der Waals surface area contributed by atoms with Gasteiger partial charge in [-0.15, -0.1) is 0 Å². The SMILES string of the molecule is CC[Si](C)(C)O[C@H]1CCC2(C)C3CCC4(C)C(C(C)CCCC(C)(C)O[Si](C)(C)CC)CCC4C3CC[C@H]2C1. The maximum Gasteiger partial charge on any atom is 0.187 e. The van der Waals surface area contributed by atoms with Crippen LogP contribution in [0.3, 0.4) is 0 Å². The largest absolute Gasteiger partial charge is 0.414 e. The molecule has 0 radical (unpaired) electrons. The Bertz CT molecular complexity index is 823. The van der Waals surface area contributed by atoms with E-state index in [0.29, 0.717) is 16.9 Å². The molecule has 39 heavy (non-hydrogen) atoms. The van der Waals surface area contributed by atoms with Crippen molar-refractivity contribution < 1.29 is 8.85 Å². The van der Waals surface area contributed by atoms with Crippen LogP contribution in [0, 0.1) is 46.3 Å². The fourth-order valence-corrected chi connectivity index (χ4v) is 13.8. The van der Waals surface area contributed by atoms with E-state index in [1.807, 2.05) is 0 Å². The van der Waals surface area contributed by atoms with Crippen molar-refractivity contribution in [1.29, 1.82) is 0 Å². The second-order valence-corrected chi connectivity index (χ2v) is 26.3. The Morgan fingerprint density at radius 1 is 0.821 bits per heavy atom. The summed E-state index contributed by atoms with van der Waals surface area (Å²) in [6.45, 7) is 27.1. The van der Waals surface area contributed by atoms with E-state index in [2.05, 4.69) is 74.7 Å². The molecule has 4 rings (SSSR count). The lowest BCUT2D eigenvalue weighted by Gasteiger charge is -2.61. The van der Waals surface area contributed by atoms with Gasteiger partial charge < -0.3 is 8.85 Å². The molecular weight excluding hydrogens is 509 g/mol. The van der Waals surface area contributed by atoms with Crippen molar-refractivity contribution >= 4 is 16.6 Å². The summed E-state index contributed by atoms with van der Waals surface area (Å²) in [5.74, 6) is 5.66. The molecule has 0 spiro atoms. The van der Waals surface area contributed by atoms with Crippen molar-refractivity contribution in [2.24, 2.45) is 46.3 Å². The van der Waals surface area contributed by atoms with Gasteiger partial charge in [-0.2, -0.15) is 0 Å². The predicted octanol–water partition coefficient (Wildman–Crippen LogP) is 11.1. The number of rotatable bonds is 11. The van der Waals surface area contributed by atoms with Gasteiger partial charge in [0.25, 0.3) is 0 Å². The molecule has 0 aromatic heterocycles. The minimum atomic E-state index is -1.51. The topological polar surface area (TPSA) is 18.5 Å². The minimum Gasteiger partial charge on any atom is -0.414 e. The minimum absolute atomic E-state index is 0.0399. The maximum absolute atomic E-state index is 6.80. The lowest BCUT2D eigenvalue weighted by atomic mass is 9.44. The van der Waals surface area contributed by atoms with Crippen molar-refractivity contribution in [3.05, 3.63) is 0 Å². The van der Waals surface area contributed by atoms with E-state index in [1.165, 1.54) is 89.1 Å². The van der Waals surface area contributed by atoms with Crippen LogP contribution in [-0.2, 0) is 8.85 Å². The second kappa shape index (κ2) is 11.8. The molecule has 0 aromatic rings. The summed E-state index contributed by atoms with van der Waals surface area (Å²) in [5, 5.41) is 0. The average Bonchev–Trinajstić information content (AvgIpc) is 3.20. The van der Waals surface area contributed by atoms with Crippen LogP contribution in [0.15, 0.2) is 0 Å². The van der Waals surface area contributed by atoms with Crippen LogP contribution in [0.5, 0.6) is 0 Å². The van der Waals surface area contributed by atoms with Gasteiger partial charge in [-0.1, -0.05) is 47.5 Å². The van der Waals surface area contributed by atoms with Gasteiger partial charge in [0, 0.05) is 6.10 Å². The second-order valence-electron chi connectivity index (χ2n) is 17.4. The highest BCUT2D eigenvalue weighted by Gasteiger charge is 2.60. The highest BCUT2D eigenvalue weighted by atomic mass is 28.4. The van der Waals surface area contributed by atoms with Gasteiger partial charge in [0.2, 0.25) is 0 Å². The van der Waals surface area contributed by atoms with Crippen LogP contribution in [0.1, 0.15) is 126 Å². The standard InChI is InChI=1S/C35H68O2Si2/c1-12-38(8,9)36-28-20-23-34(6)27(25-28)16-17-29-31-19-18-30(35(31,7)24-21-32(29)34)26(3)15-14-22-33(4,5)37-39(10,11)13-2/h26-32H,12-25H2,1-11H3/t26?,27-,28-,29?,30?,31?,32?,34?,35?/m0/s1. The van der Waals surface area contributed by atoms with E-state index in [-0.39, 0.29) is 5.60 Å². The lowest BCUT2D eigenvalue weighted by Crippen LogP contribution is -2.54. The normalized spacial score (nSPS) is 40.1. The molecule has 9 atom stereocenters. The molecule has 0 bridgehead atoms. The predicted molar refractivity (Wildman–Crippen MR) is 174 cm³/mol. The molecule has 7 unspecified atom stereocenters. The van der Waals surface area contributed by atoms with Crippen molar-refractivity contribution in [2.45, 2.75) is 175 Å². The number of hydrogen-bond donors (Lipinski definition) is 0. The van der Waals surface area contributed by atoms with Crippen molar-refractivity contribution in [3.8, 4) is 0 Å². The zero-order chi connectivity index (χ0) is 28.9. The quantitative estimate of drug-likeness (QED) is 0.228. The molecule has 4 heteroatoms. The van der Waals surface area contributed by atoms with E-state index in [9.17, 15) is 0 Å². The molecule has 2 nitrogen and oxygen atoms in total. The van der Waals surface area contributed by atoms with E-state index in [1.54, 1.807) is 0 Å².